The summed E-state index contributed by atoms with van der Waals surface area (Å²) in [5.41, 5.74) is 4.26. The van der Waals surface area contributed by atoms with E-state index < -0.39 is 41.1 Å². The van der Waals surface area contributed by atoms with E-state index in [-0.39, 0.29) is 29.8 Å². The Morgan fingerprint density at radius 1 is 1.10 bits per heavy atom. The molecule has 1 aromatic heterocycles. The van der Waals surface area contributed by atoms with Crippen LogP contribution in [-0.2, 0) is 25.6 Å². The zero-order valence-electron chi connectivity index (χ0n) is 25.8. The van der Waals surface area contributed by atoms with Gasteiger partial charge in [-0.15, -0.1) is 11.3 Å². The molecule has 42 heavy (non-hydrogen) atoms. The summed E-state index contributed by atoms with van der Waals surface area (Å²) in [6.45, 7) is 9.91. The number of likely N-dealkylation sites (tertiary alicyclic amines) is 1. The van der Waals surface area contributed by atoms with Gasteiger partial charge >= 0.3 is 6.03 Å². The lowest BCUT2D eigenvalue weighted by molar-refractivity contribution is -0.143. The highest BCUT2D eigenvalue weighted by atomic mass is 32.1. The summed E-state index contributed by atoms with van der Waals surface area (Å²) in [4.78, 5) is 67.8. The molecular formula is C31H49N5O5S. The van der Waals surface area contributed by atoms with Gasteiger partial charge in [-0.1, -0.05) is 66.4 Å². The molecule has 11 heteroatoms. The number of nitrogens with one attached hydrogen (secondary N) is 3. The quantitative estimate of drug-likeness (QED) is 0.269. The fourth-order valence-electron chi connectivity index (χ4n) is 6.09. The van der Waals surface area contributed by atoms with E-state index in [4.69, 9.17) is 5.73 Å². The molecule has 1 aliphatic carbocycles. The standard InChI is InChI=1S/C31H49N5O5S/c1-6-20(2)18-22(24(37)26(32)38)33-27(39)23-13-10-16-36(23)28(40)25(30(3,4)5)34-29(41)35-31(14-8-7-9-15-31)19-21-12-11-17-42-21/h11-12,17,20,22-23,25H,6-10,13-16,18-19H2,1-5H3,(H2,32,38)(H,33,39)(H2,34,35,41). The molecule has 1 saturated carbocycles. The molecule has 0 aromatic carbocycles. The first-order valence-electron chi connectivity index (χ1n) is 15.3. The molecule has 2 fully saturated rings. The van der Waals surface area contributed by atoms with E-state index in [9.17, 15) is 24.0 Å². The molecule has 1 aliphatic heterocycles. The number of Topliss-reactive ketones (excluding diaryl/α,β-unsaturated/α-hetero) is 1. The second kappa shape index (κ2) is 14.5. The molecule has 1 saturated heterocycles. The van der Waals surface area contributed by atoms with E-state index in [1.54, 1.807) is 11.3 Å². The maximum atomic E-state index is 14.0. The van der Waals surface area contributed by atoms with Gasteiger partial charge in [-0.3, -0.25) is 19.2 Å². The lowest BCUT2D eigenvalue weighted by atomic mass is 9.79. The summed E-state index contributed by atoms with van der Waals surface area (Å²) in [6, 6.07) is 0.990. The number of amides is 5. The Bertz CT molecular complexity index is 1110. The molecule has 0 spiro atoms. The van der Waals surface area contributed by atoms with E-state index in [0.717, 1.165) is 44.9 Å². The third kappa shape index (κ3) is 8.78. The molecule has 4 atom stereocenters. The van der Waals surface area contributed by atoms with E-state index in [1.807, 2.05) is 46.1 Å². The Morgan fingerprint density at radius 2 is 1.79 bits per heavy atom. The van der Waals surface area contributed by atoms with Crippen LogP contribution >= 0.6 is 11.3 Å². The molecule has 10 nitrogen and oxygen atoms in total. The van der Waals surface area contributed by atoms with Gasteiger partial charge in [-0.25, -0.2) is 4.79 Å². The van der Waals surface area contributed by atoms with Crippen LogP contribution in [0.2, 0.25) is 0 Å². The molecule has 4 unspecified atom stereocenters. The fraction of sp³-hybridized carbons (Fsp3) is 0.710. The molecule has 0 radical (unpaired) electrons. The van der Waals surface area contributed by atoms with E-state index in [2.05, 4.69) is 22.0 Å². The van der Waals surface area contributed by atoms with Crippen molar-refractivity contribution in [2.45, 2.75) is 122 Å². The molecule has 1 aromatic rings. The van der Waals surface area contributed by atoms with Crippen LogP contribution in [-0.4, -0.2) is 64.6 Å². The van der Waals surface area contributed by atoms with Gasteiger partial charge in [-0.2, -0.15) is 0 Å². The molecule has 0 bridgehead atoms. The smallest absolute Gasteiger partial charge is 0.315 e. The number of thiophene rings is 1. The zero-order valence-corrected chi connectivity index (χ0v) is 26.6. The number of carbonyl (C=O) groups is 5. The van der Waals surface area contributed by atoms with Gasteiger partial charge < -0.3 is 26.6 Å². The summed E-state index contributed by atoms with van der Waals surface area (Å²) in [5, 5.41) is 11.0. The lowest BCUT2D eigenvalue weighted by Gasteiger charge is -2.40. The average molecular weight is 604 g/mol. The Hall–Kier alpha value is -2.95. The highest BCUT2D eigenvalue weighted by molar-refractivity contribution is 7.09. The first-order chi connectivity index (χ1) is 19.8. The minimum atomic E-state index is -1.10. The molecule has 2 aliphatic rings. The first kappa shape index (κ1) is 33.6. The summed E-state index contributed by atoms with van der Waals surface area (Å²) in [7, 11) is 0. The zero-order chi connectivity index (χ0) is 31.1. The van der Waals surface area contributed by atoms with Gasteiger partial charge in [0.05, 0.1) is 6.04 Å². The number of nitrogens with zero attached hydrogens (tertiary/aromatic N) is 1. The van der Waals surface area contributed by atoms with Crippen LogP contribution in [0.5, 0.6) is 0 Å². The lowest BCUT2D eigenvalue weighted by Crippen LogP contribution is -2.62. The largest absolute Gasteiger partial charge is 0.363 e. The minimum Gasteiger partial charge on any atom is -0.363 e. The van der Waals surface area contributed by atoms with Crippen LogP contribution < -0.4 is 21.7 Å². The Morgan fingerprint density at radius 3 is 2.36 bits per heavy atom. The van der Waals surface area contributed by atoms with Gasteiger partial charge in [0.2, 0.25) is 17.6 Å². The molecular weight excluding hydrogens is 554 g/mol. The van der Waals surface area contributed by atoms with Gasteiger partial charge in [-0.05, 0) is 54.9 Å². The van der Waals surface area contributed by atoms with Crippen molar-refractivity contribution in [1.29, 1.82) is 0 Å². The SMILES string of the molecule is CCC(C)CC(NC(=O)C1CCCN1C(=O)C(NC(=O)NC1(Cc2cccs2)CCCCC1)C(C)(C)C)C(=O)C(N)=O. The van der Waals surface area contributed by atoms with Gasteiger partial charge in [0.1, 0.15) is 12.1 Å². The summed E-state index contributed by atoms with van der Waals surface area (Å²) in [6.07, 6.45) is 7.80. The van der Waals surface area contributed by atoms with Crippen molar-refractivity contribution in [2.24, 2.45) is 17.1 Å². The maximum Gasteiger partial charge on any atom is 0.315 e. The van der Waals surface area contributed by atoms with Crippen molar-refractivity contribution in [3.8, 4) is 0 Å². The minimum absolute atomic E-state index is 0.0835. The van der Waals surface area contributed by atoms with Crippen molar-refractivity contribution in [3.05, 3.63) is 22.4 Å². The predicted molar refractivity (Wildman–Crippen MR) is 164 cm³/mol. The fourth-order valence-corrected chi connectivity index (χ4v) is 6.94. The number of nitrogens with two attached hydrogens (primary N) is 1. The van der Waals surface area contributed by atoms with Crippen molar-refractivity contribution < 1.29 is 24.0 Å². The van der Waals surface area contributed by atoms with Crippen LogP contribution in [0.4, 0.5) is 4.79 Å². The average Bonchev–Trinajstić information content (AvgIpc) is 3.62. The van der Waals surface area contributed by atoms with Crippen LogP contribution in [0.15, 0.2) is 17.5 Å². The Labute approximate surface area is 253 Å². The molecule has 5 amide bonds. The summed E-state index contributed by atoms with van der Waals surface area (Å²) >= 11 is 1.68. The number of primary amides is 1. The number of hydrogen-bond acceptors (Lipinski definition) is 6. The van der Waals surface area contributed by atoms with E-state index >= 15 is 0 Å². The van der Waals surface area contributed by atoms with E-state index in [0.29, 0.717) is 19.4 Å². The normalized spacial score (nSPS) is 20.7. The maximum absolute atomic E-state index is 14.0. The highest BCUT2D eigenvalue weighted by Crippen LogP contribution is 2.33. The van der Waals surface area contributed by atoms with Crippen LogP contribution in [0.1, 0.15) is 97.3 Å². The Balaban J connectivity index is 1.74. The number of carbonyl (C=O) groups excluding carboxylic acids is 5. The van der Waals surface area contributed by atoms with Gasteiger partial charge in [0.15, 0.2) is 0 Å². The molecule has 234 valence electrons. The molecule has 3 rings (SSSR count). The number of rotatable bonds is 12. The molecule has 5 N–H and O–H groups in total. The van der Waals surface area contributed by atoms with Crippen molar-refractivity contribution in [3.63, 3.8) is 0 Å². The van der Waals surface area contributed by atoms with Crippen molar-refractivity contribution in [2.75, 3.05) is 6.54 Å². The van der Waals surface area contributed by atoms with Crippen LogP contribution in [0, 0.1) is 11.3 Å². The monoisotopic (exact) mass is 603 g/mol. The summed E-state index contributed by atoms with van der Waals surface area (Å²) in [5.74, 6) is -2.69. The number of ketones is 1. The number of hydrogen-bond donors (Lipinski definition) is 4. The third-order valence-corrected chi connectivity index (χ3v) is 9.60. The summed E-state index contributed by atoms with van der Waals surface area (Å²) < 4.78 is 0. The first-order valence-corrected chi connectivity index (χ1v) is 16.2. The van der Waals surface area contributed by atoms with Gasteiger partial charge in [0, 0.05) is 23.4 Å². The topological polar surface area (TPSA) is 151 Å². The second-order valence-electron chi connectivity index (χ2n) is 13.2. The van der Waals surface area contributed by atoms with Gasteiger partial charge in [0.25, 0.3) is 5.91 Å². The van der Waals surface area contributed by atoms with E-state index in [1.165, 1.54) is 9.78 Å². The number of urea groups is 1. The van der Waals surface area contributed by atoms with Crippen molar-refractivity contribution >= 4 is 40.9 Å². The van der Waals surface area contributed by atoms with Crippen LogP contribution in [0.3, 0.4) is 0 Å². The van der Waals surface area contributed by atoms with Crippen molar-refractivity contribution in [1.82, 2.24) is 20.9 Å². The molecule has 2 heterocycles. The predicted octanol–water partition coefficient (Wildman–Crippen LogP) is 3.67. The second-order valence-corrected chi connectivity index (χ2v) is 14.3. The third-order valence-electron chi connectivity index (χ3n) is 8.72. The van der Waals surface area contributed by atoms with Crippen LogP contribution in [0.25, 0.3) is 0 Å². The Kier molecular flexibility index (Phi) is 11.6. The highest BCUT2D eigenvalue weighted by Gasteiger charge is 2.43.